The summed E-state index contributed by atoms with van der Waals surface area (Å²) < 4.78 is 11.6. The van der Waals surface area contributed by atoms with Gasteiger partial charge in [0.2, 0.25) is 5.88 Å². The van der Waals surface area contributed by atoms with Crippen molar-refractivity contribution in [3.63, 3.8) is 0 Å². The molecule has 1 N–H and O–H groups in total. The number of nitrogens with zero attached hydrogens (tertiary/aromatic N) is 1. The lowest BCUT2D eigenvalue weighted by atomic mass is 9.88. The van der Waals surface area contributed by atoms with Crippen LogP contribution in [0.4, 0.5) is 0 Å². The molecule has 0 aliphatic heterocycles. The summed E-state index contributed by atoms with van der Waals surface area (Å²) in [5, 5.41) is 2.91. The summed E-state index contributed by atoms with van der Waals surface area (Å²) in [5.41, 5.74) is 1.60. The van der Waals surface area contributed by atoms with Crippen LogP contribution >= 0.6 is 0 Å². The van der Waals surface area contributed by atoms with Crippen LogP contribution in [-0.4, -0.2) is 30.1 Å². The first-order valence-corrected chi connectivity index (χ1v) is 9.75. The van der Waals surface area contributed by atoms with Crippen molar-refractivity contribution >= 4 is 5.91 Å². The molecule has 5 heteroatoms. The first kappa shape index (κ1) is 19.4. The standard InChI is InChI=1S/C22H28N2O3/c1-17-7-5-6-10-20(17)26-14-13-24-22(25)19-11-12-23-21(15-19)27-16-18-8-3-2-4-9-18/h2-4,8-9,11-12,15,17,20H,5-7,10,13-14,16H2,1H3,(H,24,25). The monoisotopic (exact) mass is 368 g/mol. The van der Waals surface area contributed by atoms with Crippen molar-refractivity contribution in [3.05, 3.63) is 59.8 Å². The maximum atomic E-state index is 12.3. The van der Waals surface area contributed by atoms with Crippen LogP contribution in [0.1, 0.15) is 48.5 Å². The van der Waals surface area contributed by atoms with Gasteiger partial charge in [0.15, 0.2) is 0 Å². The maximum absolute atomic E-state index is 12.3. The molecule has 3 rings (SSSR count). The SMILES string of the molecule is CC1CCCCC1OCCNC(=O)c1ccnc(OCc2ccccc2)c1. The second kappa shape index (κ2) is 10.1. The Hall–Kier alpha value is -2.40. The highest BCUT2D eigenvalue weighted by molar-refractivity contribution is 5.94. The average Bonchev–Trinajstić information content (AvgIpc) is 2.72. The first-order chi connectivity index (χ1) is 13.2. The molecule has 1 aliphatic carbocycles. The molecular weight excluding hydrogens is 340 g/mol. The number of benzene rings is 1. The molecule has 1 fully saturated rings. The third-order valence-electron chi connectivity index (χ3n) is 4.98. The van der Waals surface area contributed by atoms with Gasteiger partial charge in [-0.1, -0.05) is 50.1 Å². The molecule has 1 aromatic carbocycles. The molecule has 1 heterocycles. The number of rotatable bonds is 8. The zero-order chi connectivity index (χ0) is 18.9. The van der Waals surface area contributed by atoms with Gasteiger partial charge < -0.3 is 14.8 Å². The highest BCUT2D eigenvalue weighted by Crippen LogP contribution is 2.26. The fourth-order valence-corrected chi connectivity index (χ4v) is 3.37. The van der Waals surface area contributed by atoms with Crippen LogP contribution in [0.15, 0.2) is 48.7 Å². The van der Waals surface area contributed by atoms with Crippen molar-refractivity contribution < 1.29 is 14.3 Å². The van der Waals surface area contributed by atoms with Gasteiger partial charge in [-0.05, 0) is 30.4 Å². The summed E-state index contributed by atoms with van der Waals surface area (Å²) in [5.74, 6) is 0.917. The van der Waals surface area contributed by atoms with Crippen LogP contribution in [0.3, 0.4) is 0 Å². The van der Waals surface area contributed by atoms with E-state index >= 15 is 0 Å². The molecule has 2 atom stereocenters. The lowest BCUT2D eigenvalue weighted by Crippen LogP contribution is -2.31. The Morgan fingerprint density at radius 3 is 2.81 bits per heavy atom. The van der Waals surface area contributed by atoms with Gasteiger partial charge in [-0.25, -0.2) is 4.98 Å². The number of hydrogen-bond acceptors (Lipinski definition) is 4. The Kier molecular flexibility index (Phi) is 7.22. The molecule has 2 aromatic rings. The number of carbonyl (C=O) groups is 1. The molecule has 1 amide bonds. The molecule has 5 nitrogen and oxygen atoms in total. The highest BCUT2D eigenvalue weighted by Gasteiger charge is 2.21. The minimum atomic E-state index is -0.137. The van der Waals surface area contributed by atoms with E-state index in [0.717, 1.165) is 12.0 Å². The lowest BCUT2D eigenvalue weighted by Gasteiger charge is -2.28. The maximum Gasteiger partial charge on any atom is 0.251 e. The highest BCUT2D eigenvalue weighted by atomic mass is 16.5. The Morgan fingerprint density at radius 2 is 2.00 bits per heavy atom. The zero-order valence-electron chi connectivity index (χ0n) is 15.9. The normalized spacial score (nSPS) is 19.4. The van der Waals surface area contributed by atoms with Crippen LogP contribution < -0.4 is 10.1 Å². The second-order valence-electron chi connectivity index (χ2n) is 7.08. The smallest absolute Gasteiger partial charge is 0.251 e. The summed E-state index contributed by atoms with van der Waals surface area (Å²) in [6.07, 6.45) is 6.82. The third-order valence-corrected chi connectivity index (χ3v) is 4.98. The van der Waals surface area contributed by atoms with E-state index in [1.54, 1.807) is 18.3 Å². The fourth-order valence-electron chi connectivity index (χ4n) is 3.37. The summed E-state index contributed by atoms with van der Waals surface area (Å²) in [7, 11) is 0. The summed E-state index contributed by atoms with van der Waals surface area (Å²) in [6, 6.07) is 13.2. The molecule has 0 radical (unpaired) electrons. The van der Waals surface area contributed by atoms with Gasteiger partial charge >= 0.3 is 0 Å². The number of nitrogens with one attached hydrogen (secondary N) is 1. The molecule has 0 bridgehead atoms. The minimum Gasteiger partial charge on any atom is -0.473 e. The molecule has 0 saturated heterocycles. The number of pyridine rings is 1. The molecule has 27 heavy (non-hydrogen) atoms. The van der Waals surface area contributed by atoms with Gasteiger partial charge in [0.25, 0.3) is 5.91 Å². The minimum absolute atomic E-state index is 0.137. The van der Waals surface area contributed by atoms with E-state index < -0.39 is 0 Å². The predicted molar refractivity (Wildman–Crippen MR) is 105 cm³/mol. The fraction of sp³-hybridized carbons (Fsp3) is 0.455. The van der Waals surface area contributed by atoms with Gasteiger partial charge in [-0.3, -0.25) is 4.79 Å². The molecule has 2 unspecified atom stereocenters. The average molecular weight is 368 g/mol. The van der Waals surface area contributed by atoms with Crippen LogP contribution in [0.5, 0.6) is 5.88 Å². The van der Waals surface area contributed by atoms with Crippen molar-refractivity contribution in [1.29, 1.82) is 0 Å². The molecule has 144 valence electrons. The summed E-state index contributed by atoms with van der Waals surface area (Å²) in [6.45, 7) is 3.72. The largest absolute Gasteiger partial charge is 0.473 e. The molecular formula is C22H28N2O3. The van der Waals surface area contributed by atoms with Crippen molar-refractivity contribution in [3.8, 4) is 5.88 Å². The molecule has 1 aromatic heterocycles. The van der Waals surface area contributed by atoms with Gasteiger partial charge in [0.1, 0.15) is 6.61 Å². The van der Waals surface area contributed by atoms with Crippen LogP contribution in [-0.2, 0) is 11.3 Å². The van der Waals surface area contributed by atoms with E-state index in [1.807, 2.05) is 30.3 Å². The number of ether oxygens (including phenoxy) is 2. The van der Waals surface area contributed by atoms with E-state index in [4.69, 9.17) is 9.47 Å². The van der Waals surface area contributed by atoms with E-state index in [1.165, 1.54) is 19.3 Å². The van der Waals surface area contributed by atoms with Crippen molar-refractivity contribution in [2.45, 2.75) is 45.3 Å². The number of carbonyl (C=O) groups excluding carboxylic acids is 1. The molecule has 1 saturated carbocycles. The van der Waals surface area contributed by atoms with Crippen molar-refractivity contribution in [2.75, 3.05) is 13.2 Å². The second-order valence-corrected chi connectivity index (χ2v) is 7.08. The van der Waals surface area contributed by atoms with E-state index in [2.05, 4.69) is 17.2 Å². The van der Waals surface area contributed by atoms with Crippen LogP contribution in [0, 0.1) is 5.92 Å². The number of hydrogen-bond donors (Lipinski definition) is 1. The van der Waals surface area contributed by atoms with Crippen molar-refractivity contribution in [2.24, 2.45) is 5.92 Å². The topological polar surface area (TPSA) is 60.5 Å². The Balaban J connectivity index is 1.42. The van der Waals surface area contributed by atoms with E-state index in [-0.39, 0.29) is 5.91 Å². The van der Waals surface area contributed by atoms with Crippen LogP contribution in [0.25, 0.3) is 0 Å². The van der Waals surface area contributed by atoms with E-state index in [9.17, 15) is 4.79 Å². The zero-order valence-corrected chi connectivity index (χ0v) is 15.9. The summed E-state index contributed by atoms with van der Waals surface area (Å²) >= 11 is 0. The Morgan fingerprint density at radius 1 is 1.19 bits per heavy atom. The third kappa shape index (κ3) is 6.07. The predicted octanol–water partition coefficient (Wildman–Crippen LogP) is 3.99. The van der Waals surface area contributed by atoms with Gasteiger partial charge in [-0.2, -0.15) is 0 Å². The number of aromatic nitrogens is 1. The van der Waals surface area contributed by atoms with Gasteiger partial charge in [0.05, 0.1) is 12.7 Å². The lowest BCUT2D eigenvalue weighted by molar-refractivity contribution is -0.00293. The van der Waals surface area contributed by atoms with Crippen molar-refractivity contribution in [1.82, 2.24) is 10.3 Å². The van der Waals surface area contributed by atoms with Crippen LogP contribution in [0.2, 0.25) is 0 Å². The molecule has 1 aliphatic rings. The summed E-state index contributed by atoms with van der Waals surface area (Å²) in [4.78, 5) is 16.5. The quantitative estimate of drug-likeness (QED) is 0.716. The van der Waals surface area contributed by atoms with Gasteiger partial charge in [0, 0.05) is 24.4 Å². The Bertz CT molecular complexity index is 721. The molecule has 0 spiro atoms. The Labute approximate surface area is 161 Å². The first-order valence-electron chi connectivity index (χ1n) is 9.75. The van der Waals surface area contributed by atoms with E-state index in [0.29, 0.717) is 43.2 Å². The van der Waals surface area contributed by atoms with Gasteiger partial charge in [-0.15, -0.1) is 0 Å². The number of amides is 1.